The zero-order valence-corrected chi connectivity index (χ0v) is 22.4. The van der Waals surface area contributed by atoms with Crippen molar-refractivity contribution < 1.29 is 19.1 Å². The summed E-state index contributed by atoms with van der Waals surface area (Å²) in [6, 6.07) is 0. The van der Waals surface area contributed by atoms with Crippen LogP contribution < -0.4 is 0 Å². The van der Waals surface area contributed by atoms with Crippen molar-refractivity contribution in [2.45, 2.75) is 137 Å². The first kappa shape index (κ1) is 30.0. The maximum absolute atomic E-state index is 12.3. The molecule has 0 bridgehead atoms. The van der Waals surface area contributed by atoms with Crippen molar-refractivity contribution in [1.82, 2.24) is 0 Å². The molecular weight excluding hydrogens is 412 g/mol. The molecule has 1 saturated carbocycles. The minimum Gasteiger partial charge on any atom is -0.465 e. The van der Waals surface area contributed by atoms with Crippen molar-refractivity contribution in [3.63, 3.8) is 0 Å². The first-order valence-corrected chi connectivity index (χ1v) is 14.2. The van der Waals surface area contributed by atoms with Gasteiger partial charge in [-0.25, -0.2) is 0 Å². The molecule has 0 saturated heterocycles. The predicted octanol–water partition coefficient (Wildman–Crippen LogP) is 8.26. The minimum atomic E-state index is -0.0643. The van der Waals surface area contributed by atoms with Crippen LogP contribution in [0.4, 0.5) is 0 Å². The number of hydrogen-bond donors (Lipinski definition) is 0. The SMILES string of the molecule is CC(C)CCCCCCCCCCOC(=O)C1CCC(C(=O)OCCCCCC(C)C)CC1. The fraction of sp³-hybridized carbons (Fsp3) is 0.931. The summed E-state index contributed by atoms with van der Waals surface area (Å²) in [4.78, 5) is 24.6. The van der Waals surface area contributed by atoms with Gasteiger partial charge in [0.15, 0.2) is 0 Å². The average Bonchev–Trinajstić information content (AvgIpc) is 2.79. The minimum absolute atomic E-state index is 0.0316. The Bertz CT molecular complexity index is 492. The molecule has 0 radical (unpaired) electrons. The van der Waals surface area contributed by atoms with Crippen LogP contribution in [0.1, 0.15) is 137 Å². The van der Waals surface area contributed by atoms with Gasteiger partial charge < -0.3 is 9.47 Å². The van der Waals surface area contributed by atoms with Gasteiger partial charge in [-0.1, -0.05) is 98.3 Å². The molecule has 0 aromatic carbocycles. The summed E-state index contributed by atoms with van der Waals surface area (Å²) >= 11 is 0. The normalized spacial score (nSPS) is 18.6. The molecule has 33 heavy (non-hydrogen) atoms. The molecule has 0 amide bonds. The summed E-state index contributed by atoms with van der Waals surface area (Å²) in [5, 5.41) is 0. The molecule has 194 valence electrons. The summed E-state index contributed by atoms with van der Waals surface area (Å²) in [5.41, 5.74) is 0. The number of hydrogen-bond acceptors (Lipinski definition) is 4. The third kappa shape index (κ3) is 16.2. The van der Waals surface area contributed by atoms with Gasteiger partial charge in [0.25, 0.3) is 0 Å². The van der Waals surface area contributed by atoms with Crippen molar-refractivity contribution in [2.75, 3.05) is 13.2 Å². The van der Waals surface area contributed by atoms with Gasteiger partial charge in [-0.2, -0.15) is 0 Å². The Morgan fingerprint density at radius 2 is 0.848 bits per heavy atom. The molecule has 0 aromatic heterocycles. The molecule has 1 aliphatic carbocycles. The number of carbonyl (C=O) groups excluding carboxylic acids is 2. The van der Waals surface area contributed by atoms with Gasteiger partial charge in [0, 0.05) is 0 Å². The van der Waals surface area contributed by atoms with Crippen LogP contribution in [0.2, 0.25) is 0 Å². The van der Waals surface area contributed by atoms with Crippen LogP contribution >= 0.6 is 0 Å². The largest absolute Gasteiger partial charge is 0.465 e. The maximum atomic E-state index is 12.3. The standard InChI is InChI=1S/C29H54O4/c1-24(2)16-12-9-7-5-6-8-10-14-22-32-28(30)26-18-20-27(21-19-26)29(31)33-23-15-11-13-17-25(3)4/h24-27H,5-23H2,1-4H3. The molecule has 4 nitrogen and oxygen atoms in total. The van der Waals surface area contributed by atoms with Crippen LogP contribution in [0.5, 0.6) is 0 Å². The van der Waals surface area contributed by atoms with Crippen molar-refractivity contribution in [3.8, 4) is 0 Å². The van der Waals surface area contributed by atoms with Crippen LogP contribution in [-0.2, 0) is 19.1 Å². The third-order valence-corrected chi connectivity index (χ3v) is 6.98. The average molecular weight is 467 g/mol. The number of carbonyl (C=O) groups is 2. The molecule has 0 atom stereocenters. The Hall–Kier alpha value is -1.06. The van der Waals surface area contributed by atoms with Gasteiger partial charge in [-0.3, -0.25) is 9.59 Å². The van der Waals surface area contributed by atoms with Crippen LogP contribution in [0.15, 0.2) is 0 Å². The third-order valence-electron chi connectivity index (χ3n) is 6.98. The number of esters is 2. The Kier molecular flexibility index (Phi) is 17.5. The van der Waals surface area contributed by atoms with Gasteiger partial charge in [0.05, 0.1) is 25.0 Å². The topological polar surface area (TPSA) is 52.6 Å². The number of rotatable bonds is 19. The van der Waals surface area contributed by atoms with E-state index in [0.29, 0.717) is 13.2 Å². The summed E-state index contributed by atoms with van der Waals surface area (Å²) in [6.07, 6.45) is 19.0. The summed E-state index contributed by atoms with van der Waals surface area (Å²) in [6.45, 7) is 10.2. The van der Waals surface area contributed by atoms with Gasteiger partial charge in [-0.15, -0.1) is 0 Å². The lowest BCUT2D eigenvalue weighted by Gasteiger charge is -2.26. The lowest BCUT2D eigenvalue weighted by Crippen LogP contribution is -2.28. The Labute approximate surface area is 205 Å². The van der Waals surface area contributed by atoms with E-state index in [1.165, 1.54) is 57.8 Å². The van der Waals surface area contributed by atoms with E-state index < -0.39 is 0 Å². The molecule has 0 N–H and O–H groups in total. The second kappa shape index (κ2) is 19.3. The first-order valence-electron chi connectivity index (χ1n) is 14.2. The van der Waals surface area contributed by atoms with Gasteiger partial charge >= 0.3 is 11.9 Å². The fourth-order valence-corrected chi connectivity index (χ4v) is 4.69. The van der Waals surface area contributed by atoms with Gasteiger partial charge in [0.1, 0.15) is 0 Å². The lowest BCUT2D eigenvalue weighted by molar-refractivity contribution is -0.155. The molecule has 0 unspecified atom stereocenters. The highest BCUT2D eigenvalue weighted by molar-refractivity contribution is 5.75. The Morgan fingerprint density at radius 1 is 0.545 bits per heavy atom. The molecule has 0 heterocycles. The van der Waals surface area contributed by atoms with Gasteiger partial charge in [0.2, 0.25) is 0 Å². The van der Waals surface area contributed by atoms with E-state index in [4.69, 9.17) is 9.47 Å². The van der Waals surface area contributed by atoms with Crippen molar-refractivity contribution in [2.24, 2.45) is 23.7 Å². The molecule has 1 fully saturated rings. The van der Waals surface area contributed by atoms with E-state index in [0.717, 1.165) is 63.2 Å². The van der Waals surface area contributed by atoms with E-state index in [1.807, 2.05) is 0 Å². The van der Waals surface area contributed by atoms with Crippen molar-refractivity contribution in [1.29, 1.82) is 0 Å². The van der Waals surface area contributed by atoms with Crippen LogP contribution in [0.25, 0.3) is 0 Å². The van der Waals surface area contributed by atoms with E-state index in [-0.39, 0.29) is 23.8 Å². The molecule has 1 aliphatic rings. The van der Waals surface area contributed by atoms with Crippen molar-refractivity contribution in [3.05, 3.63) is 0 Å². The number of ether oxygens (including phenoxy) is 2. The Morgan fingerprint density at radius 3 is 1.21 bits per heavy atom. The molecule has 0 aromatic rings. The van der Waals surface area contributed by atoms with E-state index in [1.54, 1.807) is 0 Å². The zero-order chi connectivity index (χ0) is 24.3. The first-order chi connectivity index (χ1) is 15.9. The molecule has 0 spiro atoms. The summed E-state index contributed by atoms with van der Waals surface area (Å²) in [5.74, 6) is 1.39. The zero-order valence-electron chi connectivity index (χ0n) is 22.4. The maximum Gasteiger partial charge on any atom is 0.308 e. The summed E-state index contributed by atoms with van der Waals surface area (Å²) in [7, 11) is 0. The lowest BCUT2D eigenvalue weighted by atomic mass is 9.82. The highest BCUT2D eigenvalue weighted by Gasteiger charge is 2.31. The second-order valence-electron chi connectivity index (χ2n) is 11.1. The molecular formula is C29H54O4. The smallest absolute Gasteiger partial charge is 0.308 e. The molecule has 0 aliphatic heterocycles. The van der Waals surface area contributed by atoms with E-state index in [9.17, 15) is 9.59 Å². The highest BCUT2D eigenvalue weighted by atomic mass is 16.5. The van der Waals surface area contributed by atoms with E-state index >= 15 is 0 Å². The Balaban J connectivity index is 1.97. The molecule has 1 rings (SSSR count). The van der Waals surface area contributed by atoms with Crippen LogP contribution in [-0.4, -0.2) is 25.2 Å². The fourth-order valence-electron chi connectivity index (χ4n) is 4.69. The van der Waals surface area contributed by atoms with Gasteiger partial charge in [-0.05, 0) is 50.4 Å². The van der Waals surface area contributed by atoms with Crippen LogP contribution in [0, 0.1) is 23.7 Å². The number of unbranched alkanes of at least 4 members (excludes halogenated alkanes) is 9. The molecule has 4 heteroatoms. The quantitative estimate of drug-likeness (QED) is 0.142. The second-order valence-corrected chi connectivity index (χ2v) is 11.1. The van der Waals surface area contributed by atoms with Crippen LogP contribution in [0.3, 0.4) is 0 Å². The monoisotopic (exact) mass is 466 g/mol. The van der Waals surface area contributed by atoms with Crippen molar-refractivity contribution >= 4 is 11.9 Å². The summed E-state index contributed by atoms with van der Waals surface area (Å²) < 4.78 is 11.0. The van der Waals surface area contributed by atoms with E-state index in [2.05, 4.69) is 27.7 Å². The highest BCUT2D eigenvalue weighted by Crippen LogP contribution is 2.30. The predicted molar refractivity (Wildman–Crippen MR) is 137 cm³/mol.